The van der Waals surface area contributed by atoms with Crippen molar-refractivity contribution < 1.29 is 4.42 Å². The van der Waals surface area contributed by atoms with E-state index in [4.69, 9.17) is 4.42 Å². The molecule has 268 valence electrons. The molecule has 0 N–H and O–H groups in total. The SMILES string of the molecule is c1ccc(-c2ccc(N(c3cccc(-c4cccc5c4-c4ccccc4C5(c4ccccc4)c4ccccc4)c3)c3ccc4c(c3)oc3ccccc34)cc2)cc1. The fourth-order valence-corrected chi connectivity index (χ4v) is 9.28. The molecule has 0 spiro atoms. The molecule has 2 heteroatoms. The molecule has 0 atom stereocenters. The lowest BCUT2D eigenvalue weighted by atomic mass is 9.67. The lowest BCUT2D eigenvalue weighted by Gasteiger charge is -2.34. The largest absolute Gasteiger partial charge is 0.456 e. The molecule has 0 bridgehead atoms. The summed E-state index contributed by atoms with van der Waals surface area (Å²) in [5.74, 6) is 0. The van der Waals surface area contributed by atoms with Gasteiger partial charge >= 0.3 is 0 Å². The van der Waals surface area contributed by atoms with Crippen LogP contribution in [0.3, 0.4) is 0 Å². The van der Waals surface area contributed by atoms with Crippen LogP contribution in [0, 0.1) is 0 Å². The van der Waals surface area contributed by atoms with Gasteiger partial charge in [-0.05, 0) is 98.1 Å². The van der Waals surface area contributed by atoms with Gasteiger partial charge in [-0.1, -0.05) is 176 Å². The van der Waals surface area contributed by atoms with Crippen molar-refractivity contribution in [2.24, 2.45) is 0 Å². The second-order valence-corrected chi connectivity index (χ2v) is 14.8. The molecule has 0 aliphatic heterocycles. The third kappa shape index (κ3) is 5.26. The number of nitrogens with zero attached hydrogens (tertiary/aromatic N) is 1. The molecular weight excluding hydrogens is 691 g/mol. The second-order valence-electron chi connectivity index (χ2n) is 14.8. The quantitative estimate of drug-likeness (QED) is 0.163. The van der Waals surface area contributed by atoms with Gasteiger partial charge < -0.3 is 9.32 Å². The number of fused-ring (bicyclic) bond motifs is 6. The van der Waals surface area contributed by atoms with Crippen molar-refractivity contribution >= 4 is 39.0 Å². The van der Waals surface area contributed by atoms with E-state index in [1.165, 1.54) is 50.1 Å². The van der Waals surface area contributed by atoms with Crippen LogP contribution in [-0.4, -0.2) is 0 Å². The molecule has 0 radical (unpaired) electrons. The van der Waals surface area contributed by atoms with E-state index in [2.05, 4.69) is 217 Å². The Morgan fingerprint density at radius 1 is 0.333 bits per heavy atom. The molecule has 10 aromatic rings. The lowest BCUT2D eigenvalue weighted by molar-refractivity contribution is 0.669. The van der Waals surface area contributed by atoms with Gasteiger partial charge in [0.15, 0.2) is 0 Å². The average molecular weight is 728 g/mol. The molecule has 1 heterocycles. The van der Waals surface area contributed by atoms with Crippen molar-refractivity contribution in [3.63, 3.8) is 0 Å². The highest BCUT2D eigenvalue weighted by molar-refractivity contribution is 6.06. The summed E-state index contributed by atoms with van der Waals surface area (Å²) < 4.78 is 6.43. The lowest BCUT2D eigenvalue weighted by Crippen LogP contribution is -2.28. The maximum atomic E-state index is 6.43. The Morgan fingerprint density at radius 2 is 0.877 bits per heavy atom. The summed E-state index contributed by atoms with van der Waals surface area (Å²) in [6.07, 6.45) is 0. The van der Waals surface area contributed by atoms with Crippen LogP contribution in [0.2, 0.25) is 0 Å². The van der Waals surface area contributed by atoms with E-state index in [-0.39, 0.29) is 0 Å². The van der Waals surface area contributed by atoms with Gasteiger partial charge in [0.2, 0.25) is 0 Å². The van der Waals surface area contributed by atoms with Crippen LogP contribution < -0.4 is 4.90 Å². The summed E-state index contributed by atoms with van der Waals surface area (Å²) in [5.41, 5.74) is 16.9. The van der Waals surface area contributed by atoms with Crippen molar-refractivity contribution in [3.8, 4) is 33.4 Å². The van der Waals surface area contributed by atoms with Gasteiger partial charge in [-0.3, -0.25) is 0 Å². The van der Waals surface area contributed by atoms with Crippen molar-refractivity contribution in [2.45, 2.75) is 5.41 Å². The first kappa shape index (κ1) is 33.0. The summed E-state index contributed by atoms with van der Waals surface area (Å²) in [7, 11) is 0. The summed E-state index contributed by atoms with van der Waals surface area (Å²) in [6, 6.07) is 81.2. The van der Waals surface area contributed by atoms with E-state index in [0.717, 1.165) is 44.6 Å². The minimum absolute atomic E-state index is 0.462. The van der Waals surface area contributed by atoms with Gasteiger partial charge in [-0.25, -0.2) is 0 Å². The predicted octanol–water partition coefficient (Wildman–Crippen LogP) is 14.8. The minimum atomic E-state index is -0.462. The van der Waals surface area contributed by atoms with Crippen LogP contribution in [0.25, 0.3) is 55.3 Å². The molecule has 2 nitrogen and oxygen atoms in total. The number of hydrogen-bond donors (Lipinski definition) is 0. The standard InChI is InChI=1S/C55H37NO/c1-4-16-38(17-5-1)39-30-32-43(33-31-39)56(45-34-35-48-47-24-11-13-29-52(47)57-53(48)37-45)44-23-14-18-40(36-44)46-26-15-28-51-54(46)49-25-10-12-27-50(49)55(51,41-19-6-2-7-20-41)42-21-8-3-9-22-42/h1-37H. The Balaban J connectivity index is 1.11. The highest BCUT2D eigenvalue weighted by atomic mass is 16.3. The Bertz CT molecular complexity index is 3020. The fraction of sp³-hybridized carbons (Fsp3) is 0.0182. The summed E-state index contributed by atoms with van der Waals surface area (Å²) in [5, 5.41) is 2.24. The summed E-state index contributed by atoms with van der Waals surface area (Å²) >= 11 is 0. The molecule has 0 unspecified atom stereocenters. The molecule has 0 saturated carbocycles. The first-order valence-corrected chi connectivity index (χ1v) is 19.6. The molecule has 57 heavy (non-hydrogen) atoms. The van der Waals surface area contributed by atoms with Gasteiger partial charge in [0.25, 0.3) is 0 Å². The Morgan fingerprint density at radius 3 is 1.65 bits per heavy atom. The Kier molecular flexibility index (Phi) is 7.75. The van der Waals surface area contributed by atoms with Crippen LogP contribution in [0.5, 0.6) is 0 Å². The van der Waals surface area contributed by atoms with Crippen molar-refractivity contribution in [1.82, 2.24) is 0 Å². The van der Waals surface area contributed by atoms with Gasteiger partial charge in [-0.15, -0.1) is 0 Å². The van der Waals surface area contributed by atoms with Gasteiger partial charge in [0, 0.05) is 33.9 Å². The summed E-state index contributed by atoms with van der Waals surface area (Å²) in [4.78, 5) is 2.35. The van der Waals surface area contributed by atoms with E-state index in [9.17, 15) is 0 Å². The number of anilines is 3. The predicted molar refractivity (Wildman–Crippen MR) is 237 cm³/mol. The molecule has 9 aromatic carbocycles. The van der Waals surface area contributed by atoms with Gasteiger partial charge in [0.05, 0.1) is 5.41 Å². The van der Waals surface area contributed by atoms with Gasteiger partial charge in [0.1, 0.15) is 11.2 Å². The highest BCUT2D eigenvalue weighted by Crippen LogP contribution is 2.58. The van der Waals surface area contributed by atoms with Crippen LogP contribution >= 0.6 is 0 Å². The maximum absolute atomic E-state index is 6.43. The molecule has 0 saturated heterocycles. The van der Waals surface area contributed by atoms with E-state index in [1.54, 1.807) is 0 Å². The molecule has 1 aliphatic rings. The number of rotatable bonds is 7. The third-order valence-electron chi connectivity index (χ3n) is 11.8. The molecule has 11 rings (SSSR count). The van der Waals surface area contributed by atoms with Crippen LogP contribution in [-0.2, 0) is 5.41 Å². The third-order valence-corrected chi connectivity index (χ3v) is 11.8. The molecule has 1 aromatic heterocycles. The maximum Gasteiger partial charge on any atom is 0.137 e. The van der Waals surface area contributed by atoms with Crippen molar-refractivity contribution in [2.75, 3.05) is 4.90 Å². The zero-order valence-corrected chi connectivity index (χ0v) is 31.2. The number of hydrogen-bond acceptors (Lipinski definition) is 2. The highest BCUT2D eigenvalue weighted by Gasteiger charge is 2.46. The summed E-state index contributed by atoms with van der Waals surface area (Å²) in [6.45, 7) is 0. The average Bonchev–Trinajstić information content (AvgIpc) is 3.81. The van der Waals surface area contributed by atoms with Crippen molar-refractivity contribution in [1.29, 1.82) is 0 Å². The minimum Gasteiger partial charge on any atom is -0.456 e. The van der Waals surface area contributed by atoms with Crippen LogP contribution in [0.4, 0.5) is 17.1 Å². The first-order valence-electron chi connectivity index (χ1n) is 19.6. The van der Waals surface area contributed by atoms with E-state index in [0.29, 0.717) is 0 Å². The Hall–Kier alpha value is -7.42. The first-order chi connectivity index (χ1) is 28.3. The Labute approximate surface area is 332 Å². The van der Waals surface area contributed by atoms with E-state index >= 15 is 0 Å². The van der Waals surface area contributed by atoms with Crippen LogP contribution in [0.15, 0.2) is 229 Å². The van der Waals surface area contributed by atoms with Crippen molar-refractivity contribution in [3.05, 3.63) is 247 Å². The smallest absolute Gasteiger partial charge is 0.137 e. The number of benzene rings is 9. The van der Waals surface area contributed by atoms with E-state index < -0.39 is 5.41 Å². The second kappa shape index (κ2) is 13.4. The van der Waals surface area contributed by atoms with E-state index in [1.807, 2.05) is 12.1 Å². The zero-order valence-electron chi connectivity index (χ0n) is 31.2. The molecule has 0 amide bonds. The topological polar surface area (TPSA) is 16.4 Å². The number of furan rings is 1. The zero-order chi connectivity index (χ0) is 37.8. The number of para-hydroxylation sites is 1. The molecule has 0 fully saturated rings. The van der Waals surface area contributed by atoms with Gasteiger partial charge in [-0.2, -0.15) is 0 Å². The molecule has 1 aliphatic carbocycles. The fourth-order valence-electron chi connectivity index (χ4n) is 9.28. The normalized spacial score (nSPS) is 12.7. The monoisotopic (exact) mass is 727 g/mol. The van der Waals surface area contributed by atoms with Crippen LogP contribution in [0.1, 0.15) is 22.3 Å². The molecular formula is C55H37NO.